The van der Waals surface area contributed by atoms with Gasteiger partial charge in [-0.1, -0.05) is 13.3 Å². The molecule has 1 aliphatic rings. The predicted molar refractivity (Wildman–Crippen MR) is 46.4 cm³/mol. The van der Waals surface area contributed by atoms with Crippen molar-refractivity contribution in [2.24, 2.45) is 11.7 Å². The topological polar surface area (TPSA) is 38.5 Å². The van der Waals surface area contributed by atoms with Gasteiger partial charge in [0, 0.05) is 5.54 Å². The highest BCUT2D eigenvalue weighted by atomic mass is 16.6. The van der Waals surface area contributed by atoms with Crippen molar-refractivity contribution in [1.82, 2.24) is 0 Å². The maximum absolute atomic E-state index is 6.01. The summed E-state index contributed by atoms with van der Waals surface area (Å²) in [6, 6.07) is 0. The highest BCUT2D eigenvalue weighted by Crippen LogP contribution is 2.28. The van der Waals surface area contributed by atoms with E-state index in [0.717, 1.165) is 19.4 Å². The van der Waals surface area contributed by atoms with Crippen molar-refractivity contribution in [3.8, 4) is 0 Å². The van der Waals surface area contributed by atoms with E-state index in [2.05, 4.69) is 20.8 Å². The Kier molecular flexibility index (Phi) is 2.55. The average Bonchev–Trinajstić information content (AvgIpc) is 2.62. The molecule has 1 heterocycles. The van der Waals surface area contributed by atoms with Gasteiger partial charge in [0.15, 0.2) is 0 Å². The fourth-order valence-electron chi connectivity index (χ4n) is 1.52. The average molecular weight is 157 g/mol. The van der Waals surface area contributed by atoms with Gasteiger partial charge in [0.05, 0.1) is 12.7 Å². The minimum Gasteiger partial charge on any atom is -0.373 e. The van der Waals surface area contributed by atoms with E-state index in [0.29, 0.717) is 12.0 Å². The van der Waals surface area contributed by atoms with Gasteiger partial charge in [-0.25, -0.2) is 0 Å². The van der Waals surface area contributed by atoms with Crippen molar-refractivity contribution in [3.05, 3.63) is 0 Å². The van der Waals surface area contributed by atoms with Crippen LogP contribution in [0.15, 0.2) is 0 Å². The van der Waals surface area contributed by atoms with E-state index in [1.165, 1.54) is 0 Å². The first-order chi connectivity index (χ1) is 5.04. The fraction of sp³-hybridized carbons (Fsp3) is 1.00. The molecule has 0 radical (unpaired) electrons. The molecule has 0 aromatic carbocycles. The molecule has 66 valence electrons. The van der Waals surface area contributed by atoms with Crippen LogP contribution in [-0.2, 0) is 4.74 Å². The summed E-state index contributed by atoms with van der Waals surface area (Å²) >= 11 is 0. The number of hydrogen-bond acceptors (Lipinski definition) is 2. The van der Waals surface area contributed by atoms with Crippen molar-refractivity contribution >= 4 is 0 Å². The van der Waals surface area contributed by atoms with E-state index in [-0.39, 0.29) is 5.54 Å². The maximum Gasteiger partial charge on any atom is 0.0813 e. The Morgan fingerprint density at radius 1 is 1.64 bits per heavy atom. The zero-order chi connectivity index (χ0) is 8.48. The molecule has 2 heteroatoms. The van der Waals surface area contributed by atoms with Gasteiger partial charge in [-0.2, -0.15) is 0 Å². The van der Waals surface area contributed by atoms with Gasteiger partial charge in [-0.15, -0.1) is 0 Å². The molecule has 1 aliphatic heterocycles. The lowest BCUT2D eigenvalue weighted by Gasteiger charge is -2.29. The lowest BCUT2D eigenvalue weighted by atomic mass is 9.83. The van der Waals surface area contributed by atoms with Crippen LogP contribution in [0.3, 0.4) is 0 Å². The second-order valence-electron chi connectivity index (χ2n) is 4.12. The van der Waals surface area contributed by atoms with E-state index in [4.69, 9.17) is 10.5 Å². The largest absolute Gasteiger partial charge is 0.373 e. The molecule has 0 saturated carbocycles. The molecule has 0 spiro atoms. The third-order valence-electron chi connectivity index (χ3n) is 2.49. The summed E-state index contributed by atoms with van der Waals surface area (Å²) in [4.78, 5) is 0. The van der Waals surface area contributed by atoms with Crippen LogP contribution in [0.2, 0.25) is 0 Å². The van der Waals surface area contributed by atoms with E-state index in [1.807, 2.05) is 0 Å². The molecule has 11 heavy (non-hydrogen) atoms. The molecule has 0 amide bonds. The molecule has 2 unspecified atom stereocenters. The molecule has 1 rings (SSSR count). The Morgan fingerprint density at radius 3 is 2.45 bits per heavy atom. The van der Waals surface area contributed by atoms with Crippen LogP contribution >= 0.6 is 0 Å². The van der Waals surface area contributed by atoms with Crippen molar-refractivity contribution in [3.63, 3.8) is 0 Å². The molecule has 0 aliphatic carbocycles. The summed E-state index contributed by atoms with van der Waals surface area (Å²) in [6.45, 7) is 7.35. The summed E-state index contributed by atoms with van der Waals surface area (Å²) in [6.07, 6.45) is 2.81. The minimum atomic E-state index is -0.0410. The van der Waals surface area contributed by atoms with Gasteiger partial charge in [0.25, 0.3) is 0 Å². The summed E-state index contributed by atoms with van der Waals surface area (Å²) < 4.78 is 5.18. The first-order valence-corrected chi connectivity index (χ1v) is 4.44. The second-order valence-corrected chi connectivity index (χ2v) is 4.12. The first kappa shape index (κ1) is 9.01. The number of epoxide rings is 1. The molecule has 0 aromatic rings. The highest BCUT2D eigenvalue weighted by molar-refractivity contribution is 4.85. The third kappa shape index (κ3) is 2.80. The Balaban J connectivity index is 2.34. The van der Waals surface area contributed by atoms with E-state index in [9.17, 15) is 0 Å². The van der Waals surface area contributed by atoms with Gasteiger partial charge < -0.3 is 10.5 Å². The van der Waals surface area contributed by atoms with Crippen LogP contribution in [0.5, 0.6) is 0 Å². The summed E-state index contributed by atoms with van der Waals surface area (Å²) in [5.74, 6) is 0.606. The molecular weight excluding hydrogens is 138 g/mol. The fourth-order valence-corrected chi connectivity index (χ4v) is 1.52. The molecule has 2 N–H and O–H groups in total. The standard InChI is InChI=1S/C9H19NO/c1-4-7(9(2,3)10)5-8-6-11-8/h7-8H,4-6,10H2,1-3H3. The van der Waals surface area contributed by atoms with Crippen LogP contribution in [0.4, 0.5) is 0 Å². The Bertz CT molecular complexity index is 124. The summed E-state index contributed by atoms with van der Waals surface area (Å²) in [5.41, 5.74) is 5.97. The lowest BCUT2D eigenvalue weighted by molar-refractivity contribution is 0.259. The third-order valence-corrected chi connectivity index (χ3v) is 2.49. The molecule has 2 nitrogen and oxygen atoms in total. The zero-order valence-electron chi connectivity index (χ0n) is 7.76. The Morgan fingerprint density at radius 2 is 2.18 bits per heavy atom. The summed E-state index contributed by atoms with van der Waals surface area (Å²) in [7, 11) is 0. The maximum atomic E-state index is 6.01. The predicted octanol–water partition coefficient (Wildman–Crippen LogP) is 1.54. The van der Waals surface area contributed by atoms with Crippen LogP contribution in [0, 0.1) is 5.92 Å². The Labute approximate surface area is 69.1 Å². The SMILES string of the molecule is CCC(CC1CO1)C(C)(C)N. The van der Waals surface area contributed by atoms with E-state index < -0.39 is 0 Å². The normalized spacial score (nSPS) is 26.7. The number of hydrogen-bond donors (Lipinski definition) is 1. The van der Waals surface area contributed by atoms with E-state index >= 15 is 0 Å². The van der Waals surface area contributed by atoms with Gasteiger partial charge in [-0.05, 0) is 26.2 Å². The van der Waals surface area contributed by atoms with Crippen LogP contribution in [0.1, 0.15) is 33.6 Å². The quantitative estimate of drug-likeness (QED) is 0.629. The first-order valence-electron chi connectivity index (χ1n) is 4.44. The molecule has 1 saturated heterocycles. The molecule has 0 bridgehead atoms. The van der Waals surface area contributed by atoms with Gasteiger partial charge in [0.2, 0.25) is 0 Å². The molecule has 0 aromatic heterocycles. The molecule has 1 fully saturated rings. The van der Waals surface area contributed by atoms with Gasteiger partial charge in [0.1, 0.15) is 0 Å². The van der Waals surface area contributed by atoms with Crippen LogP contribution < -0.4 is 5.73 Å². The summed E-state index contributed by atoms with van der Waals surface area (Å²) in [5, 5.41) is 0. The van der Waals surface area contributed by atoms with Gasteiger partial charge in [-0.3, -0.25) is 0 Å². The minimum absolute atomic E-state index is 0.0410. The zero-order valence-corrected chi connectivity index (χ0v) is 7.76. The number of ether oxygens (including phenoxy) is 1. The van der Waals surface area contributed by atoms with Crippen molar-refractivity contribution in [1.29, 1.82) is 0 Å². The van der Waals surface area contributed by atoms with Crippen LogP contribution in [0.25, 0.3) is 0 Å². The van der Waals surface area contributed by atoms with Crippen LogP contribution in [-0.4, -0.2) is 18.2 Å². The van der Waals surface area contributed by atoms with Crippen molar-refractivity contribution < 1.29 is 4.74 Å². The van der Waals surface area contributed by atoms with Crippen molar-refractivity contribution in [2.45, 2.75) is 45.3 Å². The smallest absolute Gasteiger partial charge is 0.0813 e. The monoisotopic (exact) mass is 157 g/mol. The molecule has 2 atom stereocenters. The van der Waals surface area contributed by atoms with E-state index in [1.54, 1.807) is 0 Å². The number of nitrogens with two attached hydrogens (primary N) is 1. The molecular formula is C9H19NO. The van der Waals surface area contributed by atoms with Gasteiger partial charge >= 0.3 is 0 Å². The highest BCUT2D eigenvalue weighted by Gasteiger charge is 2.31. The lowest BCUT2D eigenvalue weighted by Crippen LogP contribution is -2.41. The Hall–Kier alpha value is -0.0800. The number of rotatable bonds is 4. The second kappa shape index (κ2) is 3.11. The van der Waals surface area contributed by atoms with Crippen molar-refractivity contribution in [2.75, 3.05) is 6.61 Å².